The van der Waals surface area contributed by atoms with Crippen molar-refractivity contribution in [1.82, 2.24) is 10.3 Å². The van der Waals surface area contributed by atoms with Gasteiger partial charge < -0.3 is 10.1 Å². The monoisotopic (exact) mass is 402 g/mol. The number of rotatable bonds is 6. The van der Waals surface area contributed by atoms with E-state index in [9.17, 15) is 4.79 Å². The van der Waals surface area contributed by atoms with Gasteiger partial charge in [0.05, 0.1) is 9.35 Å². The molecule has 0 radical (unpaired) electrons. The van der Waals surface area contributed by atoms with E-state index >= 15 is 0 Å². The number of benzene rings is 1. The van der Waals surface area contributed by atoms with Crippen LogP contribution in [0.4, 0.5) is 0 Å². The summed E-state index contributed by atoms with van der Waals surface area (Å²) in [7, 11) is 0. The second-order valence-electron chi connectivity index (χ2n) is 5.12. The highest BCUT2D eigenvalue weighted by Crippen LogP contribution is 2.20. The lowest BCUT2D eigenvalue weighted by Crippen LogP contribution is -2.22. The number of nitrogens with zero attached hydrogens (tertiary/aromatic N) is 1. The van der Waals surface area contributed by atoms with E-state index in [2.05, 4.69) is 26.2 Å². The molecule has 0 saturated carbocycles. The van der Waals surface area contributed by atoms with Crippen LogP contribution in [0.5, 0.6) is 5.75 Å². The number of halogens is 1. The summed E-state index contributed by atoms with van der Waals surface area (Å²) in [6, 6.07) is 13.4. The lowest BCUT2D eigenvalue weighted by Gasteiger charge is -2.08. The number of aromatic nitrogens is 1. The predicted molar refractivity (Wildman–Crippen MR) is 98.2 cm³/mol. The number of ether oxygens (including phenoxy) is 1. The molecule has 0 saturated heterocycles. The smallest absolute Gasteiger partial charge is 0.252 e. The first kappa shape index (κ1) is 16.7. The van der Waals surface area contributed by atoms with Gasteiger partial charge in [-0.25, -0.2) is 0 Å². The molecule has 24 heavy (non-hydrogen) atoms. The maximum atomic E-state index is 12.0. The Morgan fingerprint density at radius 3 is 2.71 bits per heavy atom. The molecule has 0 aliphatic rings. The molecule has 0 aliphatic carbocycles. The Balaban J connectivity index is 1.50. The molecule has 2 heterocycles. The van der Waals surface area contributed by atoms with Crippen molar-refractivity contribution >= 4 is 33.2 Å². The van der Waals surface area contributed by atoms with Crippen molar-refractivity contribution in [2.75, 3.05) is 0 Å². The molecule has 4 nitrogen and oxygen atoms in total. The van der Waals surface area contributed by atoms with Crippen LogP contribution in [0.15, 0.2) is 64.0 Å². The molecule has 1 amide bonds. The number of thiophene rings is 1. The number of pyridine rings is 1. The minimum absolute atomic E-state index is 0.0751. The molecule has 1 aromatic carbocycles. The molecule has 122 valence electrons. The third-order valence-electron chi connectivity index (χ3n) is 3.33. The Bertz CT molecular complexity index is 803. The van der Waals surface area contributed by atoms with E-state index in [1.165, 1.54) is 11.3 Å². The van der Waals surface area contributed by atoms with Gasteiger partial charge in [0.25, 0.3) is 5.91 Å². The third-order valence-corrected chi connectivity index (χ3v) is 4.84. The standard InChI is InChI=1S/C18H15BrN2O2S/c19-17-8-15(12-24-17)18(22)21-10-13-3-5-16(6-4-13)23-11-14-2-1-7-20-9-14/h1-9,12H,10-11H2,(H,21,22). The zero-order valence-corrected chi connectivity index (χ0v) is 15.1. The summed E-state index contributed by atoms with van der Waals surface area (Å²) < 4.78 is 6.66. The van der Waals surface area contributed by atoms with Gasteiger partial charge in [0.15, 0.2) is 0 Å². The van der Waals surface area contributed by atoms with Crippen LogP contribution in [0, 0.1) is 0 Å². The largest absolute Gasteiger partial charge is 0.489 e. The molecule has 6 heteroatoms. The number of carbonyl (C=O) groups is 1. The molecule has 0 atom stereocenters. The molecule has 0 unspecified atom stereocenters. The van der Waals surface area contributed by atoms with Gasteiger partial charge in [-0.2, -0.15) is 0 Å². The van der Waals surface area contributed by atoms with E-state index < -0.39 is 0 Å². The van der Waals surface area contributed by atoms with E-state index in [0.29, 0.717) is 18.7 Å². The van der Waals surface area contributed by atoms with Crippen molar-refractivity contribution in [3.8, 4) is 5.75 Å². The maximum absolute atomic E-state index is 12.0. The zero-order chi connectivity index (χ0) is 16.8. The van der Waals surface area contributed by atoms with Crippen LogP contribution < -0.4 is 10.1 Å². The number of amides is 1. The van der Waals surface area contributed by atoms with E-state index in [4.69, 9.17) is 4.74 Å². The Hall–Kier alpha value is -2.18. The Kier molecular flexibility index (Phi) is 5.61. The van der Waals surface area contributed by atoms with Crippen molar-refractivity contribution in [1.29, 1.82) is 0 Å². The molecule has 0 bridgehead atoms. The first-order valence-electron chi connectivity index (χ1n) is 7.33. The zero-order valence-electron chi connectivity index (χ0n) is 12.7. The molecule has 2 aromatic heterocycles. The van der Waals surface area contributed by atoms with E-state index in [0.717, 1.165) is 20.7 Å². The fourth-order valence-electron chi connectivity index (χ4n) is 2.07. The molecule has 1 N–H and O–H groups in total. The summed E-state index contributed by atoms with van der Waals surface area (Å²) in [4.78, 5) is 16.1. The van der Waals surface area contributed by atoms with E-state index in [1.807, 2.05) is 47.8 Å². The van der Waals surface area contributed by atoms with Crippen LogP contribution in [0.2, 0.25) is 0 Å². The molecule has 3 aromatic rings. The SMILES string of the molecule is O=C(NCc1ccc(OCc2cccnc2)cc1)c1csc(Br)c1. The molecule has 0 aliphatic heterocycles. The highest BCUT2D eigenvalue weighted by atomic mass is 79.9. The van der Waals surface area contributed by atoms with E-state index in [-0.39, 0.29) is 5.91 Å². The van der Waals surface area contributed by atoms with Crippen LogP contribution in [-0.2, 0) is 13.2 Å². The van der Waals surface area contributed by atoms with Crippen molar-refractivity contribution in [2.45, 2.75) is 13.2 Å². The highest BCUT2D eigenvalue weighted by Gasteiger charge is 2.07. The molecule has 3 rings (SSSR count). The fourth-order valence-corrected chi connectivity index (χ4v) is 3.20. The lowest BCUT2D eigenvalue weighted by atomic mass is 10.2. The van der Waals surface area contributed by atoms with Crippen LogP contribution in [0.1, 0.15) is 21.5 Å². The van der Waals surface area contributed by atoms with Gasteiger partial charge in [0.1, 0.15) is 12.4 Å². The first-order chi connectivity index (χ1) is 11.7. The van der Waals surface area contributed by atoms with Gasteiger partial charge in [-0.3, -0.25) is 9.78 Å². The summed E-state index contributed by atoms with van der Waals surface area (Å²) in [5.74, 6) is 0.713. The van der Waals surface area contributed by atoms with Crippen LogP contribution in [0.25, 0.3) is 0 Å². The lowest BCUT2D eigenvalue weighted by molar-refractivity contribution is 0.0951. The number of carbonyl (C=O) groups excluding carboxylic acids is 1. The summed E-state index contributed by atoms with van der Waals surface area (Å²) in [5.41, 5.74) is 2.71. The summed E-state index contributed by atoms with van der Waals surface area (Å²) in [5, 5.41) is 4.73. The minimum Gasteiger partial charge on any atom is -0.489 e. The van der Waals surface area contributed by atoms with Gasteiger partial charge in [-0.15, -0.1) is 11.3 Å². The van der Waals surface area contributed by atoms with Gasteiger partial charge in [-0.1, -0.05) is 18.2 Å². The fraction of sp³-hybridized carbons (Fsp3) is 0.111. The van der Waals surface area contributed by atoms with Gasteiger partial charge in [0.2, 0.25) is 0 Å². The summed E-state index contributed by atoms with van der Waals surface area (Å²) in [6.07, 6.45) is 3.52. The number of hydrogen-bond acceptors (Lipinski definition) is 4. The molecular weight excluding hydrogens is 388 g/mol. The second-order valence-corrected chi connectivity index (χ2v) is 7.41. The third kappa shape index (κ3) is 4.66. The van der Waals surface area contributed by atoms with Gasteiger partial charge in [-0.05, 0) is 45.8 Å². The topological polar surface area (TPSA) is 51.2 Å². The van der Waals surface area contributed by atoms with Crippen molar-refractivity contribution in [3.63, 3.8) is 0 Å². The Labute approximate surface area is 152 Å². The van der Waals surface area contributed by atoms with Crippen molar-refractivity contribution in [2.24, 2.45) is 0 Å². The average Bonchev–Trinajstić information content (AvgIpc) is 3.06. The molecule has 0 fully saturated rings. The summed E-state index contributed by atoms with van der Waals surface area (Å²) >= 11 is 4.85. The quantitative estimate of drug-likeness (QED) is 0.663. The number of hydrogen-bond donors (Lipinski definition) is 1. The average molecular weight is 403 g/mol. The van der Waals surface area contributed by atoms with Gasteiger partial charge >= 0.3 is 0 Å². The predicted octanol–water partition coefficient (Wildman–Crippen LogP) is 4.41. The van der Waals surface area contributed by atoms with Crippen LogP contribution in [-0.4, -0.2) is 10.9 Å². The Morgan fingerprint density at radius 2 is 2.04 bits per heavy atom. The first-order valence-corrected chi connectivity index (χ1v) is 9.01. The number of nitrogens with one attached hydrogen (secondary N) is 1. The summed E-state index contributed by atoms with van der Waals surface area (Å²) in [6.45, 7) is 0.964. The highest BCUT2D eigenvalue weighted by molar-refractivity contribution is 9.11. The second kappa shape index (κ2) is 8.08. The van der Waals surface area contributed by atoms with E-state index in [1.54, 1.807) is 12.4 Å². The van der Waals surface area contributed by atoms with Crippen molar-refractivity contribution < 1.29 is 9.53 Å². The molecular formula is C18H15BrN2O2S. The van der Waals surface area contributed by atoms with Crippen LogP contribution in [0.3, 0.4) is 0 Å². The Morgan fingerprint density at radius 1 is 1.21 bits per heavy atom. The van der Waals surface area contributed by atoms with Crippen LogP contribution >= 0.6 is 27.3 Å². The van der Waals surface area contributed by atoms with Gasteiger partial charge in [0, 0.05) is 29.9 Å². The maximum Gasteiger partial charge on any atom is 0.252 e. The molecule has 0 spiro atoms. The normalized spacial score (nSPS) is 10.4. The minimum atomic E-state index is -0.0751. The van der Waals surface area contributed by atoms with Crippen molar-refractivity contribution in [3.05, 3.63) is 80.7 Å².